The number of carbonyl (C=O) groups is 1. The predicted molar refractivity (Wildman–Crippen MR) is 66.9 cm³/mol. The van der Waals surface area contributed by atoms with Crippen LogP contribution in [0.5, 0.6) is 5.75 Å². The number of thiol groups is 1. The maximum Gasteiger partial charge on any atom is 0.220 e. The number of hydrogen-bond acceptors (Lipinski definition) is 2. The minimum absolute atomic E-state index is 0.0197. The van der Waals surface area contributed by atoms with E-state index in [2.05, 4.69) is 12.6 Å². The van der Waals surface area contributed by atoms with Crippen molar-refractivity contribution in [3.05, 3.63) is 54.1 Å². The van der Waals surface area contributed by atoms with Crippen molar-refractivity contribution in [1.82, 2.24) is 0 Å². The summed E-state index contributed by atoms with van der Waals surface area (Å²) < 4.78 is 0. The van der Waals surface area contributed by atoms with Crippen LogP contribution in [0.4, 0.5) is 0 Å². The van der Waals surface area contributed by atoms with E-state index in [0.717, 1.165) is 5.56 Å². The summed E-state index contributed by atoms with van der Waals surface area (Å²) in [5.74, 6) is -0.0197. The molecule has 0 aliphatic carbocycles. The number of benzene rings is 2. The van der Waals surface area contributed by atoms with Gasteiger partial charge in [-0.3, -0.25) is 4.79 Å². The fourth-order valence-electron chi connectivity index (χ4n) is 1.57. The predicted octanol–water partition coefficient (Wildman–Crippen LogP) is 3.13. The average molecular weight is 230 g/mol. The molecule has 0 bridgehead atoms. The molecule has 3 heteroatoms. The summed E-state index contributed by atoms with van der Waals surface area (Å²) in [5.41, 5.74) is 1.74. The van der Waals surface area contributed by atoms with Gasteiger partial charge in [-0.05, 0) is 11.6 Å². The van der Waals surface area contributed by atoms with Crippen LogP contribution in [0, 0.1) is 0 Å². The van der Waals surface area contributed by atoms with Crippen LogP contribution in [0.3, 0.4) is 0 Å². The summed E-state index contributed by atoms with van der Waals surface area (Å²) in [6.07, 6.45) is 0. The molecule has 2 aromatic rings. The van der Waals surface area contributed by atoms with E-state index in [1.807, 2.05) is 30.3 Å². The van der Waals surface area contributed by atoms with Gasteiger partial charge < -0.3 is 5.11 Å². The van der Waals surface area contributed by atoms with E-state index >= 15 is 0 Å². The largest absolute Gasteiger partial charge is 0.507 e. The van der Waals surface area contributed by atoms with E-state index in [-0.39, 0.29) is 11.3 Å². The van der Waals surface area contributed by atoms with Crippen molar-refractivity contribution in [2.75, 3.05) is 0 Å². The van der Waals surface area contributed by atoms with Gasteiger partial charge in [0.1, 0.15) is 5.75 Å². The molecule has 0 saturated carbocycles. The summed E-state index contributed by atoms with van der Waals surface area (Å²) in [4.78, 5) is 11.2. The molecule has 0 radical (unpaired) electrons. The lowest BCUT2D eigenvalue weighted by Crippen LogP contribution is -1.91. The molecule has 2 nitrogen and oxygen atoms in total. The Morgan fingerprint density at radius 2 is 1.69 bits per heavy atom. The van der Waals surface area contributed by atoms with E-state index in [1.165, 1.54) is 0 Å². The monoisotopic (exact) mass is 230 g/mol. The van der Waals surface area contributed by atoms with Crippen LogP contribution in [0.25, 0.3) is 11.1 Å². The van der Waals surface area contributed by atoms with Gasteiger partial charge in [0.05, 0.1) is 5.56 Å². The molecule has 0 spiro atoms. The van der Waals surface area contributed by atoms with Gasteiger partial charge in [0, 0.05) is 5.56 Å². The number of phenols is 1. The van der Waals surface area contributed by atoms with E-state index in [0.29, 0.717) is 5.56 Å². The van der Waals surface area contributed by atoms with Crippen LogP contribution in [-0.4, -0.2) is 10.2 Å². The number of para-hydroxylation sites is 1. The molecule has 0 fully saturated rings. The van der Waals surface area contributed by atoms with Crippen molar-refractivity contribution in [2.45, 2.75) is 0 Å². The zero-order valence-electron chi connectivity index (χ0n) is 8.42. The first-order valence-corrected chi connectivity index (χ1v) is 5.25. The van der Waals surface area contributed by atoms with Gasteiger partial charge in [-0.1, -0.05) is 42.5 Å². The number of aromatic hydroxyl groups is 1. The van der Waals surface area contributed by atoms with Crippen molar-refractivity contribution in [1.29, 1.82) is 0 Å². The maximum atomic E-state index is 11.2. The Morgan fingerprint density at radius 1 is 1.00 bits per heavy atom. The second-order valence-electron chi connectivity index (χ2n) is 3.37. The normalized spacial score (nSPS) is 10.1. The van der Waals surface area contributed by atoms with Crippen LogP contribution in [0.2, 0.25) is 0 Å². The summed E-state index contributed by atoms with van der Waals surface area (Å²) in [7, 11) is 0. The fraction of sp³-hybridized carbons (Fsp3) is 0. The first kappa shape index (κ1) is 10.8. The highest BCUT2D eigenvalue weighted by Gasteiger charge is 2.11. The van der Waals surface area contributed by atoms with Crippen LogP contribution in [0.15, 0.2) is 48.5 Å². The average Bonchev–Trinajstić information content (AvgIpc) is 2.30. The molecule has 0 aromatic heterocycles. The second kappa shape index (κ2) is 4.41. The Labute approximate surface area is 99.0 Å². The molecule has 1 N–H and O–H groups in total. The number of carbonyl (C=O) groups excluding carboxylic acids is 1. The number of rotatable bonds is 2. The molecule has 2 aromatic carbocycles. The lowest BCUT2D eigenvalue weighted by molar-refractivity contribution is 0.108. The highest BCUT2D eigenvalue weighted by molar-refractivity contribution is 7.97. The topological polar surface area (TPSA) is 37.3 Å². The van der Waals surface area contributed by atoms with Crippen molar-refractivity contribution in [2.24, 2.45) is 0 Å². The van der Waals surface area contributed by atoms with Gasteiger partial charge in [0.15, 0.2) is 0 Å². The van der Waals surface area contributed by atoms with Crippen LogP contribution < -0.4 is 0 Å². The van der Waals surface area contributed by atoms with E-state index < -0.39 is 5.12 Å². The zero-order valence-corrected chi connectivity index (χ0v) is 9.32. The summed E-state index contributed by atoms with van der Waals surface area (Å²) >= 11 is 3.72. The minimum atomic E-state index is -0.435. The molecule has 0 aliphatic rings. The standard InChI is InChI=1S/C13H10O2S/c14-12-10(9-5-2-1-3-6-9)7-4-8-11(12)13(15)16/h1-8,14H,(H,15,16). The highest BCUT2D eigenvalue weighted by atomic mass is 32.1. The summed E-state index contributed by atoms with van der Waals surface area (Å²) in [6.45, 7) is 0. The first-order chi connectivity index (χ1) is 7.70. The molecule has 0 unspecified atom stereocenters. The lowest BCUT2D eigenvalue weighted by atomic mass is 10.0. The SMILES string of the molecule is O=C(S)c1cccc(-c2ccccc2)c1O. The summed E-state index contributed by atoms with van der Waals surface area (Å²) in [5, 5.41) is 9.51. The number of hydrogen-bond donors (Lipinski definition) is 2. The van der Waals surface area contributed by atoms with Crippen molar-refractivity contribution in [3.63, 3.8) is 0 Å². The van der Waals surface area contributed by atoms with Crippen molar-refractivity contribution >= 4 is 17.7 Å². The van der Waals surface area contributed by atoms with Crippen molar-refractivity contribution < 1.29 is 9.90 Å². The van der Waals surface area contributed by atoms with Gasteiger partial charge >= 0.3 is 0 Å². The van der Waals surface area contributed by atoms with E-state index in [1.54, 1.807) is 18.2 Å². The zero-order chi connectivity index (χ0) is 11.5. The van der Waals surface area contributed by atoms with Crippen molar-refractivity contribution in [3.8, 4) is 16.9 Å². The Kier molecular flexibility index (Phi) is 2.97. The fourth-order valence-corrected chi connectivity index (χ4v) is 1.75. The van der Waals surface area contributed by atoms with Gasteiger partial charge in [-0.15, -0.1) is 12.6 Å². The molecule has 80 valence electrons. The highest BCUT2D eigenvalue weighted by Crippen LogP contribution is 2.32. The Hall–Kier alpha value is -1.74. The quantitative estimate of drug-likeness (QED) is 0.778. The third kappa shape index (κ3) is 1.95. The Balaban J connectivity index is 2.59. The van der Waals surface area contributed by atoms with Crippen LogP contribution in [-0.2, 0) is 0 Å². The van der Waals surface area contributed by atoms with E-state index in [9.17, 15) is 9.90 Å². The lowest BCUT2D eigenvalue weighted by Gasteiger charge is -2.07. The van der Waals surface area contributed by atoms with E-state index in [4.69, 9.17) is 0 Å². The van der Waals surface area contributed by atoms with Gasteiger partial charge in [0.2, 0.25) is 5.12 Å². The molecular weight excluding hydrogens is 220 g/mol. The third-order valence-corrected chi connectivity index (χ3v) is 2.59. The molecular formula is C13H10O2S. The molecule has 0 heterocycles. The van der Waals surface area contributed by atoms with Gasteiger partial charge in [0.25, 0.3) is 0 Å². The molecule has 2 rings (SSSR count). The van der Waals surface area contributed by atoms with Crippen LogP contribution in [0.1, 0.15) is 10.4 Å². The Morgan fingerprint density at radius 3 is 2.31 bits per heavy atom. The smallest absolute Gasteiger partial charge is 0.220 e. The van der Waals surface area contributed by atoms with Gasteiger partial charge in [-0.25, -0.2) is 0 Å². The third-order valence-electron chi connectivity index (χ3n) is 2.35. The summed E-state index contributed by atoms with van der Waals surface area (Å²) in [6, 6.07) is 14.5. The molecule has 0 aliphatic heterocycles. The maximum absolute atomic E-state index is 11.2. The second-order valence-corrected chi connectivity index (χ2v) is 3.78. The molecule has 0 atom stereocenters. The molecule has 0 amide bonds. The molecule has 0 saturated heterocycles. The number of phenolic OH excluding ortho intramolecular Hbond substituents is 1. The minimum Gasteiger partial charge on any atom is -0.507 e. The van der Waals surface area contributed by atoms with Gasteiger partial charge in [-0.2, -0.15) is 0 Å². The van der Waals surface area contributed by atoms with Crippen LogP contribution >= 0.6 is 12.6 Å². The Bertz CT molecular complexity index is 521. The first-order valence-electron chi connectivity index (χ1n) is 4.81. The molecule has 16 heavy (non-hydrogen) atoms.